The molecule has 0 saturated carbocycles. The molecule has 26 heavy (non-hydrogen) atoms. The Balaban J connectivity index is 1.37. The van der Waals surface area contributed by atoms with Crippen LogP contribution in [-0.4, -0.2) is 35.0 Å². The fraction of sp³-hybridized carbons (Fsp3) is 0.278. The van der Waals surface area contributed by atoms with Gasteiger partial charge < -0.3 is 14.5 Å². The first-order valence-corrected chi connectivity index (χ1v) is 9.95. The predicted molar refractivity (Wildman–Crippen MR) is 103 cm³/mol. The second-order valence-corrected chi connectivity index (χ2v) is 7.48. The van der Waals surface area contributed by atoms with Gasteiger partial charge in [0.25, 0.3) is 11.1 Å². The number of hydrogen-bond donors (Lipinski definition) is 1. The minimum absolute atomic E-state index is 0.102. The zero-order chi connectivity index (χ0) is 18.4. The minimum Gasteiger partial charge on any atom is -0.491 e. The van der Waals surface area contributed by atoms with Crippen LogP contribution in [-0.2, 0) is 4.79 Å². The van der Waals surface area contributed by atoms with Gasteiger partial charge in [-0.1, -0.05) is 35.5 Å². The molecular weight excluding hydrogens is 370 g/mol. The Hall–Kier alpha value is -2.32. The van der Waals surface area contributed by atoms with E-state index in [1.165, 1.54) is 28.7 Å². The quantitative estimate of drug-likeness (QED) is 0.468. The average Bonchev–Trinajstić information content (AvgIpc) is 3.29. The van der Waals surface area contributed by atoms with E-state index < -0.39 is 0 Å². The summed E-state index contributed by atoms with van der Waals surface area (Å²) in [5.41, 5.74) is 2.29. The monoisotopic (exact) mass is 389 g/mol. The van der Waals surface area contributed by atoms with Crippen LogP contribution in [0.2, 0.25) is 0 Å². The van der Waals surface area contributed by atoms with Crippen LogP contribution in [0.5, 0.6) is 5.75 Å². The molecule has 0 bridgehead atoms. The zero-order valence-corrected chi connectivity index (χ0v) is 16.2. The first-order chi connectivity index (χ1) is 12.6. The van der Waals surface area contributed by atoms with Crippen LogP contribution < -0.4 is 10.1 Å². The van der Waals surface area contributed by atoms with E-state index >= 15 is 0 Å². The Bertz CT molecular complexity index is 862. The highest BCUT2D eigenvalue weighted by Crippen LogP contribution is 2.26. The van der Waals surface area contributed by atoms with Crippen molar-refractivity contribution in [3.05, 3.63) is 46.8 Å². The molecule has 0 radical (unpaired) electrons. The van der Waals surface area contributed by atoms with Gasteiger partial charge in [-0.3, -0.25) is 4.79 Å². The molecule has 0 atom stereocenters. The third-order valence-corrected chi connectivity index (χ3v) is 5.15. The van der Waals surface area contributed by atoms with Crippen molar-refractivity contribution >= 4 is 29.0 Å². The number of aryl methyl sites for hydroxylation is 2. The van der Waals surface area contributed by atoms with Gasteiger partial charge in [0.05, 0.1) is 17.2 Å². The Kier molecular flexibility index (Phi) is 6.30. The van der Waals surface area contributed by atoms with Gasteiger partial charge in [0.2, 0.25) is 5.91 Å². The van der Waals surface area contributed by atoms with E-state index in [2.05, 4.69) is 21.6 Å². The summed E-state index contributed by atoms with van der Waals surface area (Å²) in [5, 5.41) is 13.1. The van der Waals surface area contributed by atoms with E-state index in [0.29, 0.717) is 24.3 Å². The number of hydrogen-bond acceptors (Lipinski definition) is 7. The molecule has 0 unspecified atom stereocenters. The lowest BCUT2D eigenvalue weighted by molar-refractivity contribution is -0.118. The topological polar surface area (TPSA) is 77.2 Å². The number of carbonyl (C=O) groups is 1. The second-order valence-electron chi connectivity index (χ2n) is 5.61. The van der Waals surface area contributed by atoms with Crippen molar-refractivity contribution in [1.82, 2.24) is 15.5 Å². The van der Waals surface area contributed by atoms with Crippen molar-refractivity contribution in [3.8, 4) is 16.5 Å². The first kappa shape index (κ1) is 18.5. The number of thioether (sulfide) groups is 1. The summed E-state index contributed by atoms with van der Waals surface area (Å²) in [6.45, 7) is 4.91. The summed E-state index contributed by atoms with van der Waals surface area (Å²) in [5.74, 6) is 1.43. The number of thiophene rings is 1. The molecule has 0 saturated heterocycles. The van der Waals surface area contributed by atoms with Crippen LogP contribution in [0.15, 0.2) is 45.4 Å². The van der Waals surface area contributed by atoms with Gasteiger partial charge in [-0.15, -0.1) is 21.5 Å². The molecule has 0 aliphatic rings. The second kappa shape index (κ2) is 8.86. The maximum atomic E-state index is 11.9. The largest absolute Gasteiger partial charge is 0.491 e. The number of nitrogens with one attached hydrogen (secondary N) is 1. The van der Waals surface area contributed by atoms with Crippen molar-refractivity contribution in [2.45, 2.75) is 19.1 Å². The standard InChI is InChI=1S/C18H19N3O3S2/c1-12-5-6-14(13(2)10-12)23-8-7-19-16(22)11-26-18-21-20-17(24-18)15-4-3-9-25-15/h3-6,9-10H,7-8,11H2,1-2H3,(H,19,22). The van der Waals surface area contributed by atoms with E-state index in [1.807, 2.05) is 43.5 Å². The van der Waals surface area contributed by atoms with Crippen molar-refractivity contribution in [3.63, 3.8) is 0 Å². The number of aromatic nitrogens is 2. The lowest BCUT2D eigenvalue weighted by atomic mass is 10.1. The number of nitrogens with zero attached hydrogens (tertiary/aromatic N) is 2. The van der Waals surface area contributed by atoms with E-state index in [0.717, 1.165) is 16.2 Å². The molecular formula is C18H19N3O3S2. The van der Waals surface area contributed by atoms with Crippen LogP contribution in [0.25, 0.3) is 10.8 Å². The number of rotatable bonds is 8. The number of carbonyl (C=O) groups excluding carboxylic acids is 1. The molecule has 2 heterocycles. The van der Waals surface area contributed by atoms with Crippen LogP contribution >= 0.6 is 23.1 Å². The molecule has 1 N–H and O–H groups in total. The van der Waals surface area contributed by atoms with Crippen LogP contribution in [0.4, 0.5) is 0 Å². The van der Waals surface area contributed by atoms with Gasteiger partial charge in [0, 0.05) is 0 Å². The average molecular weight is 390 g/mol. The lowest BCUT2D eigenvalue weighted by Gasteiger charge is -2.10. The molecule has 1 aromatic carbocycles. The summed E-state index contributed by atoms with van der Waals surface area (Å²) in [6, 6.07) is 9.86. The molecule has 0 fully saturated rings. The van der Waals surface area contributed by atoms with Gasteiger partial charge in [-0.05, 0) is 36.9 Å². The normalized spacial score (nSPS) is 10.7. The van der Waals surface area contributed by atoms with E-state index in [1.54, 1.807) is 0 Å². The van der Waals surface area contributed by atoms with Gasteiger partial charge >= 0.3 is 0 Å². The highest BCUT2D eigenvalue weighted by molar-refractivity contribution is 7.99. The first-order valence-electron chi connectivity index (χ1n) is 8.09. The number of amides is 1. The fourth-order valence-electron chi connectivity index (χ4n) is 2.26. The van der Waals surface area contributed by atoms with E-state index in [-0.39, 0.29) is 11.7 Å². The number of benzene rings is 1. The summed E-state index contributed by atoms with van der Waals surface area (Å²) in [4.78, 5) is 12.8. The molecule has 8 heteroatoms. The molecule has 6 nitrogen and oxygen atoms in total. The van der Waals surface area contributed by atoms with Crippen LogP contribution in [0.1, 0.15) is 11.1 Å². The van der Waals surface area contributed by atoms with Crippen LogP contribution in [0.3, 0.4) is 0 Å². The van der Waals surface area contributed by atoms with Crippen molar-refractivity contribution in [1.29, 1.82) is 0 Å². The predicted octanol–water partition coefficient (Wildman–Crippen LogP) is 3.70. The molecule has 2 aromatic heterocycles. The Morgan fingerprint density at radius 1 is 1.31 bits per heavy atom. The molecule has 3 aromatic rings. The molecule has 1 amide bonds. The van der Waals surface area contributed by atoms with Crippen molar-refractivity contribution in [2.75, 3.05) is 18.9 Å². The summed E-state index contributed by atoms with van der Waals surface area (Å²) in [7, 11) is 0. The molecule has 0 aliphatic heterocycles. The van der Waals surface area contributed by atoms with Gasteiger partial charge in [0.1, 0.15) is 12.4 Å². The molecule has 0 aliphatic carbocycles. The van der Waals surface area contributed by atoms with Crippen molar-refractivity contribution in [2.24, 2.45) is 0 Å². The maximum absolute atomic E-state index is 11.9. The lowest BCUT2D eigenvalue weighted by Crippen LogP contribution is -2.29. The summed E-state index contributed by atoms with van der Waals surface area (Å²) >= 11 is 2.75. The third-order valence-electron chi connectivity index (χ3n) is 3.48. The summed E-state index contributed by atoms with van der Waals surface area (Å²) in [6.07, 6.45) is 0. The van der Waals surface area contributed by atoms with Gasteiger partial charge in [-0.2, -0.15) is 0 Å². The molecule has 136 valence electrons. The van der Waals surface area contributed by atoms with Gasteiger partial charge in [0.15, 0.2) is 0 Å². The SMILES string of the molecule is Cc1ccc(OCCNC(=O)CSc2nnc(-c3cccs3)o2)c(C)c1. The van der Waals surface area contributed by atoms with Gasteiger partial charge in [-0.25, -0.2) is 0 Å². The minimum atomic E-state index is -0.102. The Morgan fingerprint density at radius 2 is 2.19 bits per heavy atom. The van der Waals surface area contributed by atoms with E-state index in [4.69, 9.17) is 9.15 Å². The van der Waals surface area contributed by atoms with Crippen LogP contribution in [0, 0.1) is 13.8 Å². The zero-order valence-electron chi connectivity index (χ0n) is 14.5. The Morgan fingerprint density at radius 3 is 2.96 bits per heavy atom. The number of ether oxygens (including phenoxy) is 1. The fourth-order valence-corrected chi connectivity index (χ4v) is 3.50. The summed E-state index contributed by atoms with van der Waals surface area (Å²) < 4.78 is 11.2. The maximum Gasteiger partial charge on any atom is 0.277 e. The van der Waals surface area contributed by atoms with Crippen molar-refractivity contribution < 1.29 is 13.9 Å². The van der Waals surface area contributed by atoms with E-state index in [9.17, 15) is 4.79 Å². The Labute approximate surface area is 160 Å². The highest BCUT2D eigenvalue weighted by atomic mass is 32.2. The molecule has 3 rings (SSSR count). The highest BCUT2D eigenvalue weighted by Gasteiger charge is 2.11. The molecule has 0 spiro atoms. The smallest absolute Gasteiger partial charge is 0.277 e. The third kappa shape index (κ3) is 5.09.